The van der Waals surface area contributed by atoms with Gasteiger partial charge < -0.3 is 5.32 Å². The Hall–Kier alpha value is -1.61. The van der Waals surface area contributed by atoms with E-state index in [0.29, 0.717) is 6.04 Å². The normalized spacial score (nSPS) is 12.5. The van der Waals surface area contributed by atoms with E-state index >= 15 is 0 Å². The molecule has 0 radical (unpaired) electrons. The van der Waals surface area contributed by atoms with Gasteiger partial charge >= 0.3 is 0 Å². The molecule has 1 aromatic heterocycles. The molecule has 0 bridgehead atoms. The van der Waals surface area contributed by atoms with Crippen LogP contribution in [0.2, 0.25) is 0 Å². The van der Waals surface area contributed by atoms with Crippen molar-refractivity contribution in [2.24, 2.45) is 0 Å². The third-order valence-electron chi connectivity index (χ3n) is 3.78. The molecular weight excluding hydrogens is 258 g/mol. The number of rotatable bonds is 9. The van der Waals surface area contributed by atoms with Gasteiger partial charge in [-0.25, -0.2) is 4.68 Å². The fourth-order valence-electron chi connectivity index (χ4n) is 2.58. The van der Waals surface area contributed by atoms with E-state index in [-0.39, 0.29) is 0 Å². The number of para-hydroxylation sites is 1. The molecule has 0 amide bonds. The van der Waals surface area contributed by atoms with Crippen LogP contribution < -0.4 is 5.32 Å². The molecule has 0 aliphatic heterocycles. The number of nitrogens with one attached hydrogen (secondary N) is 1. The minimum Gasteiger partial charge on any atom is -0.308 e. The molecule has 3 heteroatoms. The Morgan fingerprint density at radius 1 is 1.05 bits per heavy atom. The molecule has 1 unspecified atom stereocenters. The highest BCUT2D eigenvalue weighted by molar-refractivity contribution is 5.30. The zero-order valence-corrected chi connectivity index (χ0v) is 13.3. The van der Waals surface area contributed by atoms with Crippen molar-refractivity contribution in [2.75, 3.05) is 0 Å². The van der Waals surface area contributed by atoms with Crippen molar-refractivity contribution in [3.05, 3.63) is 48.3 Å². The Bertz CT molecular complexity index is 504. The minimum atomic E-state index is 0.622. The maximum atomic E-state index is 4.65. The van der Waals surface area contributed by atoms with E-state index in [4.69, 9.17) is 0 Å². The zero-order chi connectivity index (χ0) is 14.9. The summed E-state index contributed by atoms with van der Waals surface area (Å²) in [7, 11) is 0. The fourth-order valence-corrected chi connectivity index (χ4v) is 2.58. The van der Waals surface area contributed by atoms with Crippen LogP contribution in [0.25, 0.3) is 5.69 Å². The summed E-state index contributed by atoms with van der Waals surface area (Å²) in [6, 6.07) is 13.0. The van der Waals surface area contributed by atoms with E-state index in [2.05, 4.69) is 42.5 Å². The molecule has 0 fully saturated rings. The van der Waals surface area contributed by atoms with Crippen molar-refractivity contribution < 1.29 is 0 Å². The van der Waals surface area contributed by atoms with Crippen molar-refractivity contribution in [3.63, 3.8) is 0 Å². The molecule has 0 saturated heterocycles. The second kappa shape index (κ2) is 8.63. The number of nitrogens with zero attached hydrogens (tertiary/aromatic N) is 2. The summed E-state index contributed by atoms with van der Waals surface area (Å²) in [4.78, 5) is 0. The minimum absolute atomic E-state index is 0.622. The summed E-state index contributed by atoms with van der Waals surface area (Å²) < 4.78 is 1.94. The van der Waals surface area contributed by atoms with Gasteiger partial charge in [0.1, 0.15) is 0 Å². The van der Waals surface area contributed by atoms with E-state index < -0.39 is 0 Å². The molecule has 1 heterocycles. The highest BCUT2D eigenvalue weighted by atomic mass is 15.3. The van der Waals surface area contributed by atoms with Gasteiger partial charge in [0.05, 0.1) is 11.4 Å². The highest BCUT2D eigenvalue weighted by Gasteiger charge is 2.08. The van der Waals surface area contributed by atoms with Gasteiger partial charge in [-0.1, -0.05) is 51.3 Å². The molecular formula is C18H27N3. The lowest BCUT2D eigenvalue weighted by Gasteiger charge is -2.17. The molecule has 21 heavy (non-hydrogen) atoms. The molecule has 1 atom stereocenters. The second-order valence-corrected chi connectivity index (χ2v) is 5.60. The van der Waals surface area contributed by atoms with Crippen molar-refractivity contribution in [3.8, 4) is 5.69 Å². The van der Waals surface area contributed by atoms with Gasteiger partial charge in [-0.15, -0.1) is 0 Å². The quantitative estimate of drug-likeness (QED) is 0.743. The van der Waals surface area contributed by atoms with Gasteiger partial charge in [0.25, 0.3) is 0 Å². The second-order valence-electron chi connectivity index (χ2n) is 5.60. The Morgan fingerprint density at radius 2 is 1.86 bits per heavy atom. The lowest BCUT2D eigenvalue weighted by Crippen LogP contribution is -2.28. The van der Waals surface area contributed by atoms with Gasteiger partial charge in [-0.05, 0) is 31.0 Å². The lowest BCUT2D eigenvalue weighted by atomic mass is 10.1. The Morgan fingerprint density at radius 3 is 2.57 bits per heavy atom. The van der Waals surface area contributed by atoms with E-state index in [1.54, 1.807) is 0 Å². The molecule has 0 aliphatic rings. The predicted octanol–water partition coefficient (Wildman–Crippen LogP) is 4.32. The lowest BCUT2D eigenvalue weighted by molar-refractivity contribution is 0.431. The highest BCUT2D eigenvalue weighted by Crippen LogP contribution is 2.10. The van der Waals surface area contributed by atoms with Crippen LogP contribution in [0, 0.1) is 0 Å². The summed E-state index contributed by atoms with van der Waals surface area (Å²) >= 11 is 0. The first-order valence-corrected chi connectivity index (χ1v) is 8.16. The fraction of sp³-hybridized carbons (Fsp3) is 0.500. The van der Waals surface area contributed by atoms with Crippen LogP contribution in [0.15, 0.2) is 42.6 Å². The third-order valence-corrected chi connectivity index (χ3v) is 3.78. The first-order valence-electron chi connectivity index (χ1n) is 8.16. The van der Waals surface area contributed by atoms with Gasteiger partial charge in [-0.2, -0.15) is 5.10 Å². The maximum Gasteiger partial charge on any atom is 0.0766 e. The monoisotopic (exact) mass is 285 g/mol. The molecule has 114 valence electrons. The Balaban J connectivity index is 1.89. The molecule has 1 aromatic carbocycles. The van der Waals surface area contributed by atoms with E-state index in [9.17, 15) is 0 Å². The van der Waals surface area contributed by atoms with Crippen LogP contribution in [0.3, 0.4) is 0 Å². The average Bonchev–Trinajstić information content (AvgIpc) is 3.00. The van der Waals surface area contributed by atoms with Gasteiger partial charge in [0.15, 0.2) is 0 Å². The van der Waals surface area contributed by atoms with Crippen LogP contribution in [0.1, 0.15) is 51.6 Å². The summed E-state index contributed by atoms with van der Waals surface area (Å²) in [6.45, 7) is 5.36. The maximum absolute atomic E-state index is 4.65. The van der Waals surface area contributed by atoms with Crippen molar-refractivity contribution in [1.29, 1.82) is 0 Å². The van der Waals surface area contributed by atoms with Crippen LogP contribution in [0.5, 0.6) is 0 Å². The smallest absolute Gasteiger partial charge is 0.0766 e. The van der Waals surface area contributed by atoms with E-state index in [1.807, 2.05) is 29.1 Å². The van der Waals surface area contributed by atoms with Crippen molar-refractivity contribution >= 4 is 0 Å². The van der Waals surface area contributed by atoms with Gasteiger partial charge in [0.2, 0.25) is 0 Å². The number of unbranched alkanes of at least 4 members (excludes halogenated alkanes) is 1. The van der Waals surface area contributed by atoms with Crippen LogP contribution >= 0.6 is 0 Å². The van der Waals surface area contributed by atoms with Crippen LogP contribution in [-0.4, -0.2) is 15.8 Å². The Kier molecular flexibility index (Phi) is 6.48. The van der Waals surface area contributed by atoms with Gasteiger partial charge in [0, 0.05) is 18.8 Å². The number of hydrogen-bond donors (Lipinski definition) is 1. The predicted molar refractivity (Wildman–Crippen MR) is 88.6 cm³/mol. The number of hydrogen-bond acceptors (Lipinski definition) is 2. The first kappa shape index (κ1) is 15.8. The van der Waals surface area contributed by atoms with E-state index in [1.165, 1.54) is 32.1 Å². The van der Waals surface area contributed by atoms with Crippen molar-refractivity contribution in [1.82, 2.24) is 15.1 Å². The summed E-state index contributed by atoms with van der Waals surface area (Å²) in [6.07, 6.45) is 8.36. The molecule has 3 nitrogen and oxygen atoms in total. The molecule has 2 aromatic rings. The van der Waals surface area contributed by atoms with Crippen LogP contribution in [-0.2, 0) is 6.54 Å². The summed E-state index contributed by atoms with van der Waals surface area (Å²) in [5, 5.41) is 8.31. The summed E-state index contributed by atoms with van der Waals surface area (Å²) in [5.74, 6) is 0. The molecule has 2 rings (SSSR count). The summed E-state index contributed by atoms with van der Waals surface area (Å²) in [5.41, 5.74) is 2.22. The van der Waals surface area contributed by atoms with E-state index in [0.717, 1.165) is 17.9 Å². The number of benzene rings is 1. The molecule has 0 saturated carbocycles. The molecule has 0 aliphatic carbocycles. The van der Waals surface area contributed by atoms with Gasteiger partial charge in [-0.3, -0.25) is 0 Å². The van der Waals surface area contributed by atoms with Crippen LogP contribution in [0.4, 0.5) is 0 Å². The number of aromatic nitrogens is 2. The molecule has 0 spiro atoms. The SMILES string of the molecule is CCCCC(CCC)NCc1ccn(-c2ccccc2)n1. The Labute approximate surface area is 128 Å². The molecule has 1 N–H and O–H groups in total. The zero-order valence-electron chi connectivity index (χ0n) is 13.3. The van der Waals surface area contributed by atoms with Crippen molar-refractivity contribution in [2.45, 2.75) is 58.5 Å². The average molecular weight is 285 g/mol. The topological polar surface area (TPSA) is 29.9 Å². The third kappa shape index (κ3) is 5.01. The standard InChI is InChI=1S/C18H27N3/c1-3-5-10-16(9-4-2)19-15-17-13-14-21(20-17)18-11-7-6-8-12-18/h6-8,11-14,16,19H,3-5,9-10,15H2,1-2H3. The largest absolute Gasteiger partial charge is 0.308 e. The first-order chi connectivity index (χ1) is 10.3.